The number of hydrogen-bond donors (Lipinski definition) is 1. The molecular formula is C35H34O6. The Bertz CT molecular complexity index is 1600. The van der Waals surface area contributed by atoms with Gasteiger partial charge in [-0.2, -0.15) is 0 Å². The van der Waals surface area contributed by atoms with Gasteiger partial charge in [-0.05, 0) is 50.9 Å². The Morgan fingerprint density at radius 1 is 0.585 bits per heavy atom. The fourth-order valence-corrected chi connectivity index (χ4v) is 5.44. The second kappa shape index (κ2) is 12.3. The number of hydrogen-bond acceptors (Lipinski definition) is 6. The number of carbonyl (C=O) groups is 2. The second-order valence-corrected chi connectivity index (χ2v) is 10.4. The van der Waals surface area contributed by atoms with Crippen molar-refractivity contribution >= 4 is 11.9 Å². The second-order valence-electron chi connectivity index (χ2n) is 10.4. The first-order valence-electron chi connectivity index (χ1n) is 14.0. The van der Waals surface area contributed by atoms with Crippen LogP contribution in [-0.2, 0) is 35.3 Å². The third kappa shape index (κ3) is 6.27. The summed E-state index contributed by atoms with van der Waals surface area (Å²) in [5.74, 6) is 1.11. The van der Waals surface area contributed by atoms with Crippen molar-refractivity contribution in [3.8, 4) is 23.0 Å². The average molecular weight is 551 g/mol. The molecule has 1 aliphatic carbocycles. The summed E-state index contributed by atoms with van der Waals surface area (Å²) in [4.78, 5) is 24.5. The largest absolute Gasteiger partial charge is 0.507 e. The minimum Gasteiger partial charge on any atom is -0.507 e. The highest BCUT2D eigenvalue weighted by molar-refractivity contribution is 5.72. The molecule has 0 spiro atoms. The summed E-state index contributed by atoms with van der Waals surface area (Å²) in [7, 11) is 0. The average Bonchev–Trinajstić information content (AvgIpc) is 2.93. The van der Waals surface area contributed by atoms with Gasteiger partial charge in [0.2, 0.25) is 0 Å². The van der Waals surface area contributed by atoms with Gasteiger partial charge in [-0.3, -0.25) is 9.59 Å². The summed E-state index contributed by atoms with van der Waals surface area (Å²) in [6, 6.07) is 23.4. The fraction of sp³-hybridized carbons (Fsp3) is 0.257. The highest BCUT2D eigenvalue weighted by Gasteiger charge is 2.21. The van der Waals surface area contributed by atoms with Crippen LogP contribution in [0.3, 0.4) is 0 Å². The van der Waals surface area contributed by atoms with E-state index < -0.39 is 11.9 Å². The van der Waals surface area contributed by atoms with Gasteiger partial charge in [-0.1, -0.05) is 79.7 Å². The molecule has 6 heteroatoms. The monoisotopic (exact) mass is 550 g/mol. The first-order valence-corrected chi connectivity index (χ1v) is 14.0. The van der Waals surface area contributed by atoms with E-state index in [1.54, 1.807) is 0 Å². The van der Waals surface area contributed by atoms with Crippen LogP contribution in [0.4, 0.5) is 0 Å². The van der Waals surface area contributed by atoms with Crippen LogP contribution in [0.1, 0.15) is 71.7 Å². The molecule has 0 radical (unpaired) electrons. The van der Waals surface area contributed by atoms with Crippen LogP contribution < -0.4 is 14.2 Å². The van der Waals surface area contributed by atoms with Gasteiger partial charge in [0.25, 0.3) is 0 Å². The molecular weight excluding hydrogens is 516 g/mol. The van der Waals surface area contributed by atoms with E-state index in [0.717, 1.165) is 56.7 Å². The Hall–Kier alpha value is -4.58. The highest BCUT2D eigenvalue weighted by Crippen LogP contribution is 2.38. The molecule has 8 bridgehead atoms. The quantitative estimate of drug-likeness (QED) is 0.194. The van der Waals surface area contributed by atoms with Crippen molar-refractivity contribution in [2.24, 2.45) is 0 Å². The molecule has 0 fully saturated rings. The molecule has 0 aromatic heterocycles. The van der Waals surface area contributed by atoms with Crippen LogP contribution in [0, 0.1) is 0 Å². The van der Waals surface area contributed by atoms with Gasteiger partial charge in [-0.15, -0.1) is 0 Å². The van der Waals surface area contributed by atoms with Gasteiger partial charge in [0.05, 0.1) is 6.61 Å². The van der Waals surface area contributed by atoms with Crippen LogP contribution in [-0.4, -0.2) is 23.7 Å². The van der Waals surface area contributed by atoms with Crippen LogP contribution in [0.5, 0.6) is 23.0 Å². The van der Waals surface area contributed by atoms with E-state index in [1.165, 1.54) is 13.8 Å². The summed E-state index contributed by atoms with van der Waals surface area (Å²) in [6.45, 7) is 5.40. The van der Waals surface area contributed by atoms with Gasteiger partial charge in [0.15, 0.2) is 0 Å². The van der Waals surface area contributed by atoms with Crippen molar-refractivity contribution in [2.75, 3.05) is 6.61 Å². The third-order valence-corrected chi connectivity index (χ3v) is 7.20. The number of phenolic OH excluding ortho intramolecular Hbond substituents is 1. The SMILES string of the molecule is CCCOc1c2cccc1Cc1cccc(c1OC(C)=O)Cc1cccc(c1OC(C)=O)Cc1cccc(c1O)C2. The molecule has 0 saturated heterocycles. The Morgan fingerprint density at radius 3 is 1.24 bits per heavy atom. The molecule has 0 saturated carbocycles. The lowest BCUT2D eigenvalue weighted by atomic mass is 9.91. The molecule has 0 atom stereocenters. The first kappa shape index (κ1) is 28.0. The third-order valence-electron chi connectivity index (χ3n) is 7.20. The maximum absolute atomic E-state index is 12.3. The van der Waals surface area contributed by atoms with Crippen molar-refractivity contribution in [3.05, 3.63) is 117 Å². The number of carbonyl (C=O) groups excluding carboxylic acids is 2. The smallest absolute Gasteiger partial charge is 0.308 e. The fourth-order valence-electron chi connectivity index (χ4n) is 5.44. The maximum atomic E-state index is 12.3. The minimum atomic E-state index is -0.432. The number of rotatable bonds is 5. The predicted molar refractivity (Wildman–Crippen MR) is 157 cm³/mol. The molecule has 0 heterocycles. The molecule has 4 aromatic carbocycles. The lowest BCUT2D eigenvalue weighted by Gasteiger charge is -2.20. The zero-order valence-corrected chi connectivity index (χ0v) is 23.7. The molecule has 0 unspecified atom stereocenters. The van der Waals surface area contributed by atoms with Crippen molar-refractivity contribution in [1.82, 2.24) is 0 Å². The number of aromatic hydroxyl groups is 1. The molecule has 6 nitrogen and oxygen atoms in total. The normalized spacial score (nSPS) is 12.4. The van der Waals surface area contributed by atoms with E-state index in [9.17, 15) is 14.7 Å². The summed E-state index contributed by atoms with van der Waals surface area (Å²) >= 11 is 0. The summed E-state index contributed by atoms with van der Waals surface area (Å²) < 4.78 is 17.9. The molecule has 0 amide bonds. The Morgan fingerprint density at radius 2 is 0.902 bits per heavy atom. The van der Waals surface area contributed by atoms with Crippen molar-refractivity contribution in [3.63, 3.8) is 0 Å². The van der Waals surface area contributed by atoms with E-state index in [4.69, 9.17) is 14.2 Å². The summed E-state index contributed by atoms with van der Waals surface area (Å²) in [5.41, 5.74) is 6.63. The molecule has 4 aromatic rings. The number of para-hydroxylation sites is 4. The van der Waals surface area contributed by atoms with Gasteiger partial charge in [0.1, 0.15) is 23.0 Å². The summed E-state index contributed by atoms with van der Waals surface area (Å²) in [5, 5.41) is 11.4. The summed E-state index contributed by atoms with van der Waals surface area (Å²) in [6.07, 6.45) is 2.54. The zero-order chi connectivity index (χ0) is 28.9. The van der Waals surface area contributed by atoms with Crippen LogP contribution in [0.15, 0.2) is 72.8 Å². The lowest BCUT2D eigenvalue weighted by molar-refractivity contribution is -0.132. The van der Waals surface area contributed by atoms with Gasteiger partial charge >= 0.3 is 11.9 Å². The Labute approximate surface area is 240 Å². The van der Waals surface area contributed by atoms with E-state index in [1.807, 2.05) is 72.8 Å². The van der Waals surface area contributed by atoms with Gasteiger partial charge in [0, 0.05) is 39.5 Å². The standard InChI is InChI=1S/C35H34O6/c1-4-17-39-33-26-11-6-12-27(33)20-29-14-8-16-31(35(29)41-23(3)37)21-30-15-7-13-28(34(30)40-22(2)36)19-25-10-5-9-24(18-26)32(25)38/h5-16,38H,4,17-21H2,1-3H3. The van der Waals surface area contributed by atoms with Crippen molar-refractivity contribution < 1.29 is 28.9 Å². The van der Waals surface area contributed by atoms with Crippen LogP contribution in [0.25, 0.3) is 0 Å². The molecule has 210 valence electrons. The van der Waals surface area contributed by atoms with Crippen molar-refractivity contribution in [1.29, 1.82) is 0 Å². The maximum Gasteiger partial charge on any atom is 0.308 e. The van der Waals surface area contributed by atoms with E-state index in [-0.39, 0.29) is 5.75 Å². The minimum absolute atomic E-state index is 0.216. The highest BCUT2D eigenvalue weighted by atomic mass is 16.5. The molecule has 1 aliphatic rings. The zero-order valence-electron chi connectivity index (χ0n) is 23.7. The first-order chi connectivity index (χ1) is 19.8. The van der Waals surface area contributed by atoms with E-state index >= 15 is 0 Å². The number of fused-ring (bicyclic) bond motifs is 8. The molecule has 0 aliphatic heterocycles. The Balaban J connectivity index is 1.76. The van der Waals surface area contributed by atoms with Crippen LogP contribution in [0.2, 0.25) is 0 Å². The van der Waals surface area contributed by atoms with Crippen molar-refractivity contribution in [2.45, 2.75) is 52.9 Å². The predicted octanol–water partition coefficient (Wildman–Crippen LogP) is 6.71. The Kier molecular flexibility index (Phi) is 8.39. The number of esters is 2. The van der Waals surface area contributed by atoms with E-state index in [0.29, 0.717) is 43.8 Å². The number of benzene rings is 4. The van der Waals surface area contributed by atoms with Crippen LogP contribution >= 0.6 is 0 Å². The number of ether oxygens (including phenoxy) is 3. The molecule has 5 rings (SSSR count). The lowest BCUT2D eigenvalue weighted by Crippen LogP contribution is -2.11. The number of phenols is 1. The van der Waals surface area contributed by atoms with Gasteiger partial charge < -0.3 is 19.3 Å². The topological polar surface area (TPSA) is 82.1 Å². The van der Waals surface area contributed by atoms with E-state index in [2.05, 4.69) is 6.92 Å². The van der Waals surface area contributed by atoms with Gasteiger partial charge in [-0.25, -0.2) is 0 Å². The molecule has 1 N–H and O–H groups in total. The molecule has 41 heavy (non-hydrogen) atoms.